The Morgan fingerprint density at radius 1 is 0.838 bits per heavy atom. The van der Waals surface area contributed by atoms with E-state index in [9.17, 15) is 14.4 Å². The topological polar surface area (TPSA) is 66.9 Å². The fourth-order valence-electron chi connectivity index (χ4n) is 6.21. The first-order valence-electron chi connectivity index (χ1n) is 13.9. The lowest BCUT2D eigenvalue weighted by Gasteiger charge is -2.32. The molecule has 0 radical (unpaired) electrons. The van der Waals surface area contributed by atoms with Crippen LogP contribution in [-0.4, -0.2) is 52.9 Å². The zero-order valence-corrected chi connectivity index (χ0v) is 21.5. The second-order valence-electron chi connectivity index (χ2n) is 11.4. The van der Waals surface area contributed by atoms with E-state index < -0.39 is 6.04 Å². The molecule has 6 rings (SSSR count). The third-order valence-electron chi connectivity index (χ3n) is 8.63. The molecule has 3 fully saturated rings. The number of likely N-dealkylation sites (tertiary alicyclic amines) is 1. The van der Waals surface area contributed by atoms with Crippen molar-refractivity contribution in [2.24, 2.45) is 11.8 Å². The molecule has 0 aromatic heterocycles. The molecule has 0 spiro atoms. The summed E-state index contributed by atoms with van der Waals surface area (Å²) in [4.78, 5) is 41.4. The Morgan fingerprint density at radius 3 is 2.32 bits per heavy atom. The lowest BCUT2D eigenvalue weighted by Crippen LogP contribution is -2.44. The molecule has 6 heteroatoms. The average molecular weight is 501 g/mol. The van der Waals surface area contributed by atoms with E-state index in [-0.39, 0.29) is 23.9 Å². The summed E-state index contributed by atoms with van der Waals surface area (Å²) >= 11 is 0. The summed E-state index contributed by atoms with van der Waals surface area (Å²) in [6.07, 6.45) is 7.32. The molecule has 2 heterocycles. The van der Waals surface area contributed by atoms with Gasteiger partial charge in [0.2, 0.25) is 0 Å². The number of hydrogen-bond acceptors (Lipinski definition) is 5. The highest BCUT2D eigenvalue weighted by molar-refractivity contribution is 6.07. The van der Waals surface area contributed by atoms with Crippen LogP contribution in [0.25, 0.3) is 0 Å². The zero-order valence-electron chi connectivity index (χ0n) is 21.5. The lowest BCUT2D eigenvalue weighted by molar-refractivity contribution is -0.133. The number of Topliss-reactive ketones (excluding diaryl/α,β-unsaturated/α-hetero) is 2. The number of amides is 1. The van der Waals surface area contributed by atoms with E-state index in [0.29, 0.717) is 37.3 Å². The van der Waals surface area contributed by atoms with Crippen LogP contribution in [0.3, 0.4) is 0 Å². The first-order valence-corrected chi connectivity index (χ1v) is 13.9. The predicted molar refractivity (Wildman–Crippen MR) is 140 cm³/mol. The van der Waals surface area contributed by atoms with Crippen LogP contribution in [0.2, 0.25) is 0 Å². The van der Waals surface area contributed by atoms with Gasteiger partial charge in [0.25, 0.3) is 5.91 Å². The molecule has 2 saturated carbocycles. The third kappa shape index (κ3) is 5.49. The van der Waals surface area contributed by atoms with Gasteiger partial charge >= 0.3 is 0 Å². The van der Waals surface area contributed by atoms with E-state index in [1.807, 2.05) is 12.1 Å². The molecule has 2 aliphatic carbocycles. The highest BCUT2D eigenvalue weighted by Gasteiger charge is 2.40. The van der Waals surface area contributed by atoms with E-state index in [0.717, 1.165) is 29.4 Å². The minimum absolute atomic E-state index is 0.0327. The summed E-state index contributed by atoms with van der Waals surface area (Å²) in [6.45, 7) is 4.61. The highest BCUT2D eigenvalue weighted by atomic mass is 16.5. The van der Waals surface area contributed by atoms with E-state index in [4.69, 9.17) is 4.74 Å². The maximum absolute atomic E-state index is 13.0. The van der Waals surface area contributed by atoms with Crippen LogP contribution in [0.5, 0.6) is 5.75 Å². The van der Waals surface area contributed by atoms with Gasteiger partial charge in [0.05, 0.1) is 19.0 Å². The molecule has 1 atom stereocenters. The number of hydrogen-bond donors (Lipinski definition) is 0. The molecule has 2 aromatic carbocycles. The first-order chi connectivity index (χ1) is 18.0. The Morgan fingerprint density at radius 2 is 1.59 bits per heavy atom. The van der Waals surface area contributed by atoms with Gasteiger partial charge in [0.15, 0.2) is 5.78 Å². The number of nitrogens with zero attached hydrogens (tertiary/aromatic N) is 2. The van der Waals surface area contributed by atoms with E-state index in [1.54, 1.807) is 11.0 Å². The van der Waals surface area contributed by atoms with Gasteiger partial charge in [-0.3, -0.25) is 14.4 Å². The summed E-state index contributed by atoms with van der Waals surface area (Å²) in [5.41, 5.74) is 3.92. The highest BCUT2D eigenvalue weighted by Crippen LogP contribution is 2.35. The van der Waals surface area contributed by atoms with Gasteiger partial charge in [0.1, 0.15) is 18.1 Å². The number of carbonyl (C=O) groups excluding carboxylic acids is 3. The fraction of sp³-hybridized carbons (Fsp3) is 0.516. The Bertz CT molecular complexity index is 1180. The molecule has 2 aromatic rings. The Kier molecular flexibility index (Phi) is 6.85. The van der Waals surface area contributed by atoms with Gasteiger partial charge in [-0.2, -0.15) is 0 Å². The number of ketones is 2. The second kappa shape index (κ2) is 10.4. The molecule has 1 saturated heterocycles. The van der Waals surface area contributed by atoms with E-state index in [2.05, 4.69) is 29.2 Å². The van der Waals surface area contributed by atoms with Gasteiger partial charge < -0.3 is 14.5 Å². The van der Waals surface area contributed by atoms with Crippen molar-refractivity contribution >= 4 is 17.5 Å². The van der Waals surface area contributed by atoms with Crippen LogP contribution in [-0.2, 0) is 29.2 Å². The molecule has 0 N–H and O–H groups in total. The predicted octanol–water partition coefficient (Wildman–Crippen LogP) is 4.58. The average Bonchev–Trinajstić information content (AvgIpc) is 3.66. The van der Waals surface area contributed by atoms with Crippen LogP contribution in [0.15, 0.2) is 42.5 Å². The van der Waals surface area contributed by atoms with Crippen molar-refractivity contribution in [3.63, 3.8) is 0 Å². The maximum atomic E-state index is 13.0. The normalized spacial score (nSPS) is 23.0. The Labute approximate surface area is 219 Å². The Hall–Kier alpha value is -2.99. The number of carbonyl (C=O) groups is 3. The van der Waals surface area contributed by atoms with Crippen LogP contribution >= 0.6 is 0 Å². The van der Waals surface area contributed by atoms with Crippen molar-refractivity contribution in [2.75, 3.05) is 19.6 Å². The van der Waals surface area contributed by atoms with E-state index >= 15 is 0 Å². The number of fused-ring (bicyclic) bond motifs is 1. The van der Waals surface area contributed by atoms with Gasteiger partial charge in [-0.1, -0.05) is 30.3 Å². The maximum Gasteiger partial charge on any atom is 0.255 e. The van der Waals surface area contributed by atoms with Crippen molar-refractivity contribution < 1.29 is 19.1 Å². The van der Waals surface area contributed by atoms with Crippen LogP contribution < -0.4 is 4.74 Å². The fourth-order valence-corrected chi connectivity index (χ4v) is 6.21. The van der Waals surface area contributed by atoms with Crippen LogP contribution in [0, 0.1) is 11.8 Å². The monoisotopic (exact) mass is 500 g/mol. The quantitative estimate of drug-likeness (QED) is 0.497. The van der Waals surface area contributed by atoms with Gasteiger partial charge in [-0.25, -0.2) is 0 Å². The van der Waals surface area contributed by atoms with E-state index in [1.165, 1.54) is 50.9 Å². The molecule has 1 amide bonds. The number of rotatable bonds is 8. The molecule has 2 aliphatic heterocycles. The van der Waals surface area contributed by atoms with Gasteiger partial charge in [0, 0.05) is 24.1 Å². The molecular formula is C31H36N2O4. The summed E-state index contributed by atoms with van der Waals surface area (Å²) in [5.74, 6) is 2.12. The number of piperidine rings is 1. The first kappa shape index (κ1) is 24.4. The van der Waals surface area contributed by atoms with Gasteiger partial charge in [-0.15, -0.1) is 0 Å². The summed E-state index contributed by atoms with van der Waals surface area (Å²) < 4.78 is 6.18. The summed E-state index contributed by atoms with van der Waals surface area (Å²) in [7, 11) is 0. The second-order valence-corrected chi connectivity index (χ2v) is 11.4. The molecule has 194 valence electrons. The van der Waals surface area contributed by atoms with Crippen molar-refractivity contribution in [1.29, 1.82) is 0 Å². The minimum Gasteiger partial charge on any atom is -0.489 e. The van der Waals surface area contributed by atoms with Gasteiger partial charge in [-0.05, 0) is 86.7 Å². The van der Waals surface area contributed by atoms with Crippen molar-refractivity contribution in [1.82, 2.24) is 9.80 Å². The SMILES string of the molecule is O=C1CCC(N2Cc3c(OCc4ccc(CC5CCN(CC6CC6)CC5)cc4)cccc3C2=O)C(=O)C1. The smallest absolute Gasteiger partial charge is 0.255 e. The summed E-state index contributed by atoms with van der Waals surface area (Å²) in [6, 6.07) is 13.8. The van der Waals surface area contributed by atoms with Crippen molar-refractivity contribution in [2.45, 2.75) is 70.6 Å². The summed E-state index contributed by atoms with van der Waals surface area (Å²) in [5, 5.41) is 0. The molecule has 0 bridgehead atoms. The minimum atomic E-state index is -0.511. The molecule has 1 unspecified atom stereocenters. The van der Waals surface area contributed by atoms with Crippen molar-refractivity contribution in [3.8, 4) is 5.75 Å². The number of benzene rings is 2. The zero-order chi connectivity index (χ0) is 25.4. The Balaban J connectivity index is 1.03. The molecular weight excluding hydrogens is 464 g/mol. The third-order valence-corrected chi connectivity index (χ3v) is 8.63. The van der Waals surface area contributed by atoms with Crippen LogP contribution in [0.1, 0.15) is 72.0 Å². The van der Waals surface area contributed by atoms with Crippen molar-refractivity contribution in [3.05, 3.63) is 64.7 Å². The lowest BCUT2D eigenvalue weighted by atomic mass is 9.90. The molecule has 37 heavy (non-hydrogen) atoms. The van der Waals surface area contributed by atoms with Crippen LogP contribution in [0.4, 0.5) is 0 Å². The standard InChI is InChI=1S/C31H36N2O4/c34-25-10-11-28(29(35)17-25)33-19-27-26(31(33)36)2-1-3-30(27)37-20-24-8-4-21(5-9-24)16-22-12-14-32(15-13-22)18-23-6-7-23/h1-5,8-9,22-23,28H,6-7,10-20H2. The number of ether oxygens (including phenoxy) is 1. The molecule has 4 aliphatic rings. The molecule has 6 nitrogen and oxygen atoms in total. The largest absolute Gasteiger partial charge is 0.489 e.